The minimum absolute atomic E-state index is 0.594. The molecule has 4 nitrogen and oxygen atoms in total. The van der Waals surface area contributed by atoms with E-state index in [1.165, 1.54) is 25.9 Å². The fourth-order valence-corrected chi connectivity index (χ4v) is 2.57. The van der Waals surface area contributed by atoms with Crippen molar-refractivity contribution in [1.82, 2.24) is 14.5 Å². The third kappa shape index (κ3) is 3.48. The molecule has 2 heterocycles. The predicted molar refractivity (Wildman–Crippen MR) is 75.8 cm³/mol. The lowest BCUT2D eigenvalue weighted by molar-refractivity contribution is 0.268. The maximum atomic E-state index is 4.40. The van der Waals surface area contributed by atoms with E-state index in [1.807, 2.05) is 6.20 Å². The highest BCUT2D eigenvalue weighted by Crippen LogP contribution is 2.13. The van der Waals surface area contributed by atoms with Crippen LogP contribution in [0.25, 0.3) is 0 Å². The molecule has 1 unspecified atom stereocenters. The number of hydrogen-bond donors (Lipinski definition) is 1. The lowest BCUT2D eigenvalue weighted by Gasteiger charge is -2.24. The van der Waals surface area contributed by atoms with E-state index in [0.29, 0.717) is 12.0 Å². The largest absolute Gasteiger partial charge is 0.354 e. The number of likely N-dealkylation sites (tertiary alicyclic amines) is 1. The molecule has 0 amide bonds. The Kier molecular flexibility index (Phi) is 4.64. The summed E-state index contributed by atoms with van der Waals surface area (Å²) in [4.78, 5) is 6.96. The van der Waals surface area contributed by atoms with Gasteiger partial charge in [-0.3, -0.25) is 4.90 Å². The van der Waals surface area contributed by atoms with Crippen molar-refractivity contribution in [1.29, 1.82) is 0 Å². The monoisotopic (exact) mass is 250 g/mol. The van der Waals surface area contributed by atoms with Gasteiger partial charge in [0, 0.05) is 31.5 Å². The van der Waals surface area contributed by atoms with Crippen LogP contribution in [0.2, 0.25) is 0 Å². The van der Waals surface area contributed by atoms with Crippen molar-refractivity contribution in [3.63, 3.8) is 0 Å². The fourth-order valence-electron chi connectivity index (χ4n) is 2.57. The van der Waals surface area contributed by atoms with Gasteiger partial charge in [-0.25, -0.2) is 4.98 Å². The Morgan fingerprint density at radius 1 is 1.28 bits per heavy atom. The van der Waals surface area contributed by atoms with Crippen LogP contribution in [-0.2, 0) is 6.54 Å². The molecule has 1 aliphatic rings. The van der Waals surface area contributed by atoms with Crippen LogP contribution in [0.5, 0.6) is 0 Å². The van der Waals surface area contributed by atoms with Crippen molar-refractivity contribution in [3.05, 3.63) is 12.4 Å². The van der Waals surface area contributed by atoms with E-state index >= 15 is 0 Å². The maximum absolute atomic E-state index is 4.40. The van der Waals surface area contributed by atoms with Gasteiger partial charge in [0.15, 0.2) is 0 Å². The van der Waals surface area contributed by atoms with Crippen molar-refractivity contribution in [2.75, 3.05) is 25.0 Å². The summed E-state index contributed by atoms with van der Waals surface area (Å²) in [5.41, 5.74) is 0. The first-order valence-electron chi connectivity index (χ1n) is 7.16. The molecule has 0 bridgehead atoms. The maximum Gasteiger partial charge on any atom is 0.202 e. The van der Waals surface area contributed by atoms with E-state index in [9.17, 15) is 0 Å². The summed E-state index contributed by atoms with van der Waals surface area (Å²) in [6.45, 7) is 11.3. The molecule has 0 aliphatic carbocycles. The van der Waals surface area contributed by atoms with Crippen LogP contribution < -0.4 is 5.32 Å². The highest BCUT2D eigenvalue weighted by molar-refractivity contribution is 5.26. The second-order valence-electron chi connectivity index (χ2n) is 5.77. The Morgan fingerprint density at radius 2 is 2.00 bits per heavy atom. The van der Waals surface area contributed by atoms with Crippen LogP contribution in [0.4, 0.5) is 5.95 Å². The highest BCUT2D eigenvalue weighted by Gasteiger charge is 2.18. The normalized spacial score (nSPS) is 18.4. The van der Waals surface area contributed by atoms with Gasteiger partial charge in [-0.2, -0.15) is 0 Å². The molecule has 1 aliphatic heterocycles. The van der Waals surface area contributed by atoms with Gasteiger partial charge >= 0.3 is 0 Å². The molecule has 1 N–H and O–H groups in total. The molecule has 1 saturated heterocycles. The van der Waals surface area contributed by atoms with Gasteiger partial charge < -0.3 is 9.88 Å². The minimum Gasteiger partial charge on any atom is -0.354 e. The van der Waals surface area contributed by atoms with E-state index in [1.54, 1.807) is 0 Å². The molecule has 1 fully saturated rings. The molecule has 0 radical (unpaired) electrons. The zero-order valence-corrected chi connectivity index (χ0v) is 11.9. The van der Waals surface area contributed by atoms with Crippen molar-refractivity contribution in [3.8, 4) is 0 Å². The van der Waals surface area contributed by atoms with Crippen LogP contribution >= 0.6 is 0 Å². The average Bonchev–Trinajstić information content (AvgIpc) is 2.95. The molecule has 1 atom stereocenters. The molecule has 1 aromatic heterocycles. The van der Waals surface area contributed by atoms with Gasteiger partial charge in [0.1, 0.15) is 0 Å². The molecule has 0 saturated carbocycles. The molecule has 4 heteroatoms. The summed E-state index contributed by atoms with van der Waals surface area (Å²) in [6.07, 6.45) is 6.65. The number of imidazole rings is 1. The minimum atomic E-state index is 0.594. The zero-order chi connectivity index (χ0) is 13.0. The molecule has 0 aromatic carbocycles. The van der Waals surface area contributed by atoms with E-state index in [0.717, 1.165) is 19.0 Å². The number of aromatic nitrogens is 2. The molecule has 1 aromatic rings. The van der Waals surface area contributed by atoms with E-state index < -0.39 is 0 Å². The lowest BCUT2D eigenvalue weighted by Crippen LogP contribution is -2.36. The predicted octanol–water partition coefficient (Wildman–Crippen LogP) is 2.44. The van der Waals surface area contributed by atoms with Crippen LogP contribution in [0.15, 0.2) is 12.4 Å². The topological polar surface area (TPSA) is 33.1 Å². The Hall–Kier alpha value is -1.03. The average molecular weight is 250 g/mol. The van der Waals surface area contributed by atoms with Crippen LogP contribution in [-0.4, -0.2) is 40.1 Å². The summed E-state index contributed by atoms with van der Waals surface area (Å²) in [5, 5.41) is 3.49. The van der Waals surface area contributed by atoms with Crippen molar-refractivity contribution < 1.29 is 0 Å². The van der Waals surface area contributed by atoms with Crippen molar-refractivity contribution >= 4 is 5.95 Å². The third-order valence-corrected chi connectivity index (χ3v) is 3.60. The molecule has 18 heavy (non-hydrogen) atoms. The Labute approximate surface area is 110 Å². The van der Waals surface area contributed by atoms with Crippen molar-refractivity contribution in [2.24, 2.45) is 5.92 Å². The van der Waals surface area contributed by atoms with Gasteiger partial charge in [0.25, 0.3) is 0 Å². The first-order chi connectivity index (χ1) is 8.66. The molecule has 2 rings (SSSR count). The van der Waals surface area contributed by atoms with Crippen LogP contribution in [0.1, 0.15) is 33.6 Å². The highest BCUT2D eigenvalue weighted by atomic mass is 15.2. The molecule has 102 valence electrons. The number of rotatable bonds is 6. The summed E-state index contributed by atoms with van der Waals surface area (Å²) in [6, 6.07) is 0.594. The molecular formula is C14H26N4. The summed E-state index contributed by atoms with van der Waals surface area (Å²) < 4.78 is 2.21. The Balaban J connectivity index is 1.83. The van der Waals surface area contributed by atoms with E-state index in [4.69, 9.17) is 0 Å². The van der Waals surface area contributed by atoms with Gasteiger partial charge in [0.2, 0.25) is 5.95 Å². The van der Waals surface area contributed by atoms with Gasteiger partial charge in [-0.1, -0.05) is 13.8 Å². The van der Waals surface area contributed by atoms with Gasteiger partial charge in [-0.05, 0) is 38.8 Å². The van der Waals surface area contributed by atoms with Gasteiger partial charge in [0.05, 0.1) is 0 Å². The summed E-state index contributed by atoms with van der Waals surface area (Å²) in [7, 11) is 0. The number of anilines is 1. The zero-order valence-electron chi connectivity index (χ0n) is 11.9. The number of nitrogens with one attached hydrogen (secondary N) is 1. The van der Waals surface area contributed by atoms with E-state index in [-0.39, 0.29) is 0 Å². The second kappa shape index (κ2) is 6.23. The van der Waals surface area contributed by atoms with Crippen molar-refractivity contribution in [2.45, 2.75) is 46.2 Å². The Bertz CT molecular complexity index is 352. The van der Waals surface area contributed by atoms with Gasteiger partial charge in [-0.15, -0.1) is 0 Å². The standard InChI is InChI=1S/C14H26N4/c1-12(2)11-18-9-6-15-14(18)16-10-13(3)17-7-4-5-8-17/h6,9,12-13H,4-5,7-8,10-11H2,1-3H3,(H,15,16). The smallest absolute Gasteiger partial charge is 0.202 e. The Morgan fingerprint density at radius 3 is 2.67 bits per heavy atom. The number of hydrogen-bond acceptors (Lipinski definition) is 3. The molecule has 0 spiro atoms. The lowest BCUT2D eigenvalue weighted by atomic mass is 10.2. The van der Waals surface area contributed by atoms with Crippen LogP contribution in [0.3, 0.4) is 0 Å². The molecular weight excluding hydrogens is 224 g/mol. The second-order valence-corrected chi connectivity index (χ2v) is 5.77. The fraction of sp³-hybridized carbons (Fsp3) is 0.786. The number of nitrogens with zero attached hydrogens (tertiary/aromatic N) is 3. The van der Waals surface area contributed by atoms with Crippen LogP contribution in [0, 0.1) is 5.92 Å². The van der Waals surface area contributed by atoms with E-state index in [2.05, 4.69) is 46.7 Å². The third-order valence-electron chi connectivity index (χ3n) is 3.60. The first-order valence-corrected chi connectivity index (χ1v) is 7.16. The first kappa shape index (κ1) is 13.4. The summed E-state index contributed by atoms with van der Waals surface area (Å²) >= 11 is 0. The SMILES string of the molecule is CC(C)Cn1ccnc1NCC(C)N1CCCC1. The summed E-state index contributed by atoms with van der Waals surface area (Å²) in [5.74, 6) is 1.66. The quantitative estimate of drug-likeness (QED) is 0.842.